The molecule has 0 saturated carbocycles. The SMILES string of the molecule is CC1(C)OCC2NC2CO1. The molecule has 0 amide bonds. The molecule has 2 rings (SSSR count). The largest absolute Gasteiger partial charge is 0.349 e. The van der Waals surface area contributed by atoms with Crippen molar-refractivity contribution in [2.45, 2.75) is 31.7 Å². The normalized spacial score (nSPS) is 43.8. The van der Waals surface area contributed by atoms with Crippen molar-refractivity contribution in [2.75, 3.05) is 13.2 Å². The maximum absolute atomic E-state index is 5.46. The number of ether oxygens (including phenoxy) is 2. The maximum atomic E-state index is 5.46. The fourth-order valence-electron chi connectivity index (χ4n) is 1.17. The Balaban J connectivity index is 1.96. The zero-order valence-electron chi connectivity index (χ0n) is 6.39. The molecule has 10 heavy (non-hydrogen) atoms. The molecule has 2 fully saturated rings. The second-order valence-corrected chi connectivity index (χ2v) is 3.40. The summed E-state index contributed by atoms with van der Waals surface area (Å²) in [6, 6.07) is 1.11. The highest BCUT2D eigenvalue weighted by atomic mass is 16.7. The molecule has 3 heteroatoms. The average molecular weight is 143 g/mol. The van der Waals surface area contributed by atoms with Gasteiger partial charge in [-0.3, -0.25) is 0 Å². The van der Waals surface area contributed by atoms with Gasteiger partial charge >= 0.3 is 0 Å². The lowest BCUT2D eigenvalue weighted by Gasteiger charge is -2.23. The van der Waals surface area contributed by atoms with Gasteiger partial charge in [0.15, 0.2) is 5.79 Å². The van der Waals surface area contributed by atoms with Gasteiger partial charge in [-0.2, -0.15) is 0 Å². The highest BCUT2D eigenvalue weighted by Gasteiger charge is 2.41. The first-order chi connectivity index (χ1) is 4.67. The van der Waals surface area contributed by atoms with E-state index in [1.165, 1.54) is 0 Å². The monoisotopic (exact) mass is 143 g/mol. The van der Waals surface area contributed by atoms with Crippen LogP contribution in [0.4, 0.5) is 0 Å². The van der Waals surface area contributed by atoms with Gasteiger partial charge in [0.1, 0.15) is 0 Å². The van der Waals surface area contributed by atoms with Gasteiger partial charge in [0.05, 0.1) is 13.2 Å². The Bertz CT molecular complexity index is 133. The minimum absolute atomic E-state index is 0.366. The highest BCUT2D eigenvalue weighted by Crippen LogP contribution is 2.23. The minimum Gasteiger partial charge on any atom is -0.349 e. The number of hydrogen-bond donors (Lipinski definition) is 1. The Hall–Kier alpha value is -0.120. The van der Waals surface area contributed by atoms with Crippen molar-refractivity contribution in [1.29, 1.82) is 0 Å². The fraction of sp³-hybridized carbons (Fsp3) is 1.00. The first-order valence-corrected chi connectivity index (χ1v) is 3.71. The minimum atomic E-state index is -0.366. The van der Waals surface area contributed by atoms with Crippen LogP contribution < -0.4 is 5.32 Å². The molecule has 0 radical (unpaired) electrons. The molecular weight excluding hydrogens is 130 g/mol. The summed E-state index contributed by atoms with van der Waals surface area (Å²) >= 11 is 0. The molecule has 0 aliphatic carbocycles. The molecular formula is C7H13NO2. The van der Waals surface area contributed by atoms with Crippen molar-refractivity contribution < 1.29 is 9.47 Å². The smallest absolute Gasteiger partial charge is 0.162 e. The summed E-state index contributed by atoms with van der Waals surface area (Å²) in [5.74, 6) is -0.366. The Morgan fingerprint density at radius 3 is 2.20 bits per heavy atom. The van der Waals surface area contributed by atoms with Gasteiger partial charge in [-0.1, -0.05) is 0 Å². The van der Waals surface area contributed by atoms with Crippen molar-refractivity contribution in [3.05, 3.63) is 0 Å². The number of hydrogen-bond acceptors (Lipinski definition) is 3. The van der Waals surface area contributed by atoms with Crippen molar-refractivity contribution >= 4 is 0 Å². The quantitative estimate of drug-likeness (QED) is 0.489. The first kappa shape index (κ1) is 6.58. The molecule has 2 atom stereocenters. The molecule has 1 N–H and O–H groups in total. The van der Waals surface area contributed by atoms with Crippen molar-refractivity contribution in [3.8, 4) is 0 Å². The zero-order valence-corrected chi connectivity index (χ0v) is 6.39. The predicted octanol–water partition coefficient (Wildman–Crippen LogP) is 0.110. The fourth-order valence-corrected chi connectivity index (χ4v) is 1.17. The van der Waals surface area contributed by atoms with E-state index in [0.29, 0.717) is 12.1 Å². The van der Waals surface area contributed by atoms with Crippen molar-refractivity contribution in [1.82, 2.24) is 5.32 Å². The lowest BCUT2D eigenvalue weighted by atomic mass is 10.3. The molecule has 2 saturated heterocycles. The van der Waals surface area contributed by atoms with E-state index in [4.69, 9.17) is 9.47 Å². The van der Waals surface area contributed by atoms with Crippen LogP contribution in [-0.4, -0.2) is 31.1 Å². The van der Waals surface area contributed by atoms with Crippen LogP contribution in [0.15, 0.2) is 0 Å². The van der Waals surface area contributed by atoms with E-state index in [9.17, 15) is 0 Å². The molecule has 0 aromatic rings. The van der Waals surface area contributed by atoms with Crippen molar-refractivity contribution in [2.24, 2.45) is 0 Å². The van der Waals surface area contributed by atoms with E-state index in [1.54, 1.807) is 0 Å². The third kappa shape index (κ3) is 1.17. The van der Waals surface area contributed by atoms with E-state index < -0.39 is 0 Å². The van der Waals surface area contributed by atoms with Crippen LogP contribution in [0.1, 0.15) is 13.8 Å². The molecule has 2 aliphatic rings. The summed E-state index contributed by atoms with van der Waals surface area (Å²) in [7, 11) is 0. The van der Waals surface area contributed by atoms with Crippen LogP contribution in [0, 0.1) is 0 Å². The van der Waals surface area contributed by atoms with Gasteiger partial charge in [-0.05, 0) is 13.8 Å². The molecule has 2 unspecified atom stereocenters. The zero-order chi connectivity index (χ0) is 7.19. The standard InChI is InChI=1S/C7H13NO2/c1-7(2)9-3-5-6(8-5)4-10-7/h5-6,8H,3-4H2,1-2H3. The Morgan fingerprint density at radius 2 is 1.70 bits per heavy atom. The van der Waals surface area contributed by atoms with Gasteiger partial charge in [-0.25, -0.2) is 0 Å². The lowest BCUT2D eigenvalue weighted by molar-refractivity contribution is -0.203. The molecule has 58 valence electrons. The molecule has 3 nitrogen and oxygen atoms in total. The highest BCUT2D eigenvalue weighted by molar-refractivity contribution is 4.99. The summed E-state index contributed by atoms with van der Waals surface area (Å²) in [5.41, 5.74) is 0. The van der Waals surface area contributed by atoms with E-state index >= 15 is 0 Å². The third-order valence-corrected chi connectivity index (χ3v) is 2.03. The third-order valence-electron chi connectivity index (χ3n) is 2.03. The molecule has 2 aliphatic heterocycles. The number of rotatable bonds is 0. The van der Waals surface area contributed by atoms with Crippen LogP contribution in [0.5, 0.6) is 0 Å². The summed E-state index contributed by atoms with van der Waals surface area (Å²) < 4.78 is 10.9. The Kier molecular flexibility index (Phi) is 1.27. The maximum Gasteiger partial charge on any atom is 0.162 e. The lowest BCUT2D eigenvalue weighted by Crippen LogP contribution is -2.29. The number of fused-ring (bicyclic) bond motifs is 1. The second-order valence-electron chi connectivity index (χ2n) is 3.40. The van der Waals surface area contributed by atoms with Gasteiger partial charge in [0.2, 0.25) is 0 Å². The molecule has 0 aromatic heterocycles. The van der Waals surface area contributed by atoms with E-state index in [2.05, 4.69) is 5.32 Å². The van der Waals surface area contributed by atoms with Crippen LogP contribution in [0.25, 0.3) is 0 Å². The van der Waals surface area contributed by atoms with Crippen LogP contribution >= 0.6 is 0 Å². The Labute approximate surface area is 60.7 Å². The second kappa shape index (κ2) is 1.94. The van der Waals surface area contributed by atoms with Gasteiger partial charge in [0, 0.05) is 12.1 Å². The summed E-state index contributed by atoms with van der Waals surface area (Å²) in [6.07, 6.45) is 0. The van der Waals surface area contributed by atoms with Crippen LogP contribution in [0.3, 0.4) is 0 Å². The molecule has 0 aromatic carbocycles. The number of nitrogens with one attached hydrogen (secondary N) is 1. The van der Waals surface area contributed by atoms with Gasteiger partial charge in [-0.15, -0.1) is 0 Å². The van der Waals surface area contributed by atoms with Crippen molar-refractivity contribution in [3.63, 3.8) is 0 Å². The van der Waals surface area contributed by atoms with Crippen LogP contribution in [-0.2, 0) is 9.47 Å². The summed E-state index contributed by atoms with van der Waals surface area (Å²) in [5, 5.41) is 3.26. The van der Waals surface area contributed by atoms with Gasteiger partial charge < -0.3 is 14.8 Å². The summed E-state index contributed by atoms with van der Waals surface area (Å²) in [6.45, 7) is 5.49. The summed E-state index contributed by atoms with van der Waals surface area (Å²) in [4.78, 5) is 0. The van der Waals surface area contributed by atoms with Gasteiger partial charge in [0.25, 0.3) is 0 Å². The predicted molar refractivity (Wildman–Crippen MR) is 36.7 cm³/mol. The van der Waals surface area contributed by atoms with Crippen LogP contribution in [0.2, 0.25) is 0 Å². The van der Waals surface area contributed by atoms with E-state index in [0.717, 1.165) is 13.2 Å². The topological polar surface area (TPSA) is 40.4 Å². The first-order valence-electron chi connectivity index (χ1n) is 3.71. The van der Waals surface area contributed by atoms with E-state index in [-0.39, 0.29) is 5.79 Å². The molecule has 0 bridgehead atoms. The van der Waals surface area contributed by atoms with E-state index in [1.807, 2.05) is 13.8 Å². The molecule has 0 spiro atoms. The average Bonchev–Trinajstić information content (AvgIpc) is 2.56. The Morgan fingerprint density at radius 1 is 1.20 bits per heavy atom. The molecule has 2 heterocycles.